The molecule has 1 unspecified atom stereocenters. The maximum absolute atomic E-state index is 12.0. The van der Waals surface area contributed by atoms with Crippen molar-refractivity contribution in [3.63, 3.8) is 0 Å². The third-order valence-electron chi connectivity index (χ3n) is 3.05. The number of nitrogens with zero attached hydrogens (tertiary/aromatic N) is 2. The number of hydrogen-bond donors (Lipinski definition) is 1. The van der Waals surface area contributed by atoms with E-state index in [4.69, 9.17) is 11.6 Å². The second kappa shape index (κ2) is 6.33. The summed E-state index contributed by atoms with van der Waals surface area (Å²) in [6, 6.07) is 8.15. The van der Waals surface area contributed by atoms with Crippen molar-refractivity contribution in [3.05, 3.63) is 44.9 Å². The summed E-state index contributed by atoms with van der Waals surface area (Å²) in [6.07, 6.45) is 0. The van der Waals surface area contributed by atoms with Gasteiger partial charge in [0.05, 0.1) is 6.04 Å². The first kappa shape index (κ1) is 14.9. The lowest BCUT2D eigenvalue weighted by Crippen LogP contribution is -2.26. The van der Waals surface area contributed by atoms with Crippen LogP contribution in [0.15, 0.2) is 24.3 Å². The van der Waals surface area contributed by atoms with Crippen molar-refractivity contribution in [2.75, 3.05) is 0 Å². The molecule has 1 atom stereocenters. The molecule has 2 rings (SSSR count). The van der Waals surface area contributed by atoms with Crippen LogP contribution >= 0.6 is 22.9 Å². The number of rotatable bonds is 4. The molecule has 0 spiro atoms. The van der Waals surface area contributed by atoms with E-state index in [2.05, 4.69) is 41.5 Å². The van der Waals surface area contributed by atoms with Gasteiger partial charge in [-0.15, -0.1) is 10.2 Å². The molecule has 0 aliphatic carbocycles. The molecule has 1 heterocycles. The molecular formula is C14H16ClN3OS. The summed E-state index contributed by atoms with van der Waals surface area (Å²) < 4.78 is 0.268. The van der Waals surface area contributed by atoms with Crippen LogP contribution in [0.25, 0.3) is 0 Å². The Morgan fingerprint density at radius 3 is 2.25 bits per heavy atom. The van der Waals surface area contributed by atoms with Crippen molar-refractivity contribution in [2.45, 2.75) is 32.7 Å². The largest absolute Gasteiger partial charge is 0.343 e. The van der Waals surface area contributed by atoms with Gasteiger partial charge < -0.3 is 5.32 Å². The third kappa shape index (κ3) is 3.55. The number of benzene rings is 1. The van der Waals surface area contributed by atoms with Gasteiger partial charge in [0, 0.05) is 0 Å². The highest BCUT2D eigenvalue weighted by Gasteiger charge is 2.15. The molecule has 6 heteroatoms. The Hall–Kier alpha value is -1.46. The smallest absolute Gasteiger partial charge is 0.282 e. The van der Waals surface area contributed by atoms with Crippen LogP contribution < -0.4 is 5.32 Å². The maximum Gasteiger partial charge on any atom is 0.282 e. The quantitative estimate of drug-likeness (QED) is 0.934. The van der Waals surface area contributed by atoms with E-state index in [1.165, 1.54) is 5.56 Å². The Balaban J connectivity index is 2.04. The first-order valence-electron chi connectivity index (χ1n) is 6.37. The minimum atomic E-state index is -0.255. The lowest BCUT2D eigenvalue weighted by molar-refractivity contribution is 0.0939. The molecular weight excluding hydrogens is 294 g/mol. The average Bonchev–Trinajstić information content (AvgIpc) is 2.85. The van der Waals surface area contributed by atoms with Gasteiger partial charge in [-0.3, -0.25) is 4.79 Å². The maximum atomic E-state index is 12.0. The van der Waals surface area contributed by atoms with Gasteiger partial charge in [-0.1, -0.05) is 49.4 Å². The fourth-order valence-corrected chi connectivity index (χ4v) is 2.54. The summed E-state index contributed by atoms with van der Waals surface area (Å²) in [7, 11) is 0. The minimum Gasteiger partial charge on any atom is -0.343 e. The highest BCUT2D eigenvalue weighted by molar-refractivity contribution is 7.17. The first-order chi connectivity index (χ1) is 9.47. The van der Waals surface area contributed by atoms with Crippen molar-refractivity contribution >= 4 is 28.8 Å². The molecule has 1 aromatic heterocycles. The van der Waals surface area contributed by atoms with Gasteiger partial charge in [0.25, 0.3) is 5.91 Å². The molecule has 0 bridgehead atoms. The van der Waals surface area contributed by atoms with Gasteiger partial charge in [0.2, 0.25) is 9.47 Å². The summed E-state index contributed by atoms with van der Waals surface area (Å²) >= 11 is 6.74. The van der Waals surface area contributed by atoms with Crippen molar-refractivity contribution in [1.29, 1.82) is 0 Å². The van der Waals surface area contributed by atoms with Gasteiger partial charge in [0.1, 0.15) is 0 Å². The lowest BCUT2D eigenvalue weighted by atomic mass is 9.99. The number of carbonyl (C=O) groups excluding carboxylic acids is 1. The van der Waals surface area contributed by atoms with Gasteiger partial charge in [-0.2, -0.15) is 0 Å². The molecule has 0 saturated carbocycles. The molecule has 0 aliphatic heterocycles. The predicted molar refractivity (Wildman–Crippen MR) is 81.3 cm³/mol. The monoisotopic (exact) mass is 309 g/mol. The molecule has 1 aromatic carbocycles. The summed E-state index contributed by atoms with van der Waals surface area (Å²) in [6.45, 7) is 6.24. The first-order valence-corrected chi connectivity index (χ1v) is 7.56. The van der Waals surface area contributed by atoms with Crippen molar-refractivity contribution in [2.24, 2.45) is 0 Å². The van der Waals surface area contributed by atoms with Crippen molar-refractivity contribution < 1.29 is 4.79 Å². The van der Waals surface area contributed by atoms with Gasteiger partial charge >= 0.3 is 0 Å². The Kier molecular flexibility index (Phi) is 4.73. The molecule has 2 aromatic rings. The van der Waals surface area contributed by atoms with Gasteiger partial charge in [-0.05, 0) is 35.6 Å². The van der Waals surface area contributed by atoms with Crippen LogP contribution in [0.5, 0.6) is 0 Å². The third-order valence-corrected chi connectivity index (χ3v) is 4.06. The molecule has 1 amide bonds. The Morgan fingerprint density at radius 1 is 1.15 bits per heavy atom. The van der Waals surface area contributed by atoms with Crippen LogP contribution in [0.4, 0.5) is 0 Å². The van der Waals surface area contributed by atoms with E-state index >= 15 is 0 Å². The topological polar surface area (TPSA) is 54.9 Å². The van der Waals surface area contributed by atoms with E-state index in [-0.39, 0.29) is 21.4 Å². The molecule has 0 radical (unpaired) electrons. The van der Waals surface area contributed by atoms with E-state index < -0.39 is 0 Å². The second-order valence-corrected chi connectivity index (χ2v) is 6.44. The van der Waals surface area contributed by atoms with E-state index in [1.807, 2.05) is 19.1 Å². The van der Waals surface area contributed by atoms with Crippen LogP contribution in [0.1, 0.15) is 53.7 Å². The second-order valence-electron chi connectivity index (χ2n) is 4.88. The summed E-state index contributed by atoms with van der Waals surface area (Å²) in [5.74, 6) is 0.243. The Morgan fingerprint density at radius 2 is 1.75 bits per heavy atom. The molecule has 0 fully saturated rings. The van der Waals surface area contributed by atoms with Crippen LogP contribution in [0.2, 0.25) is 4.47 Å². The highest BCUT2D eigenvalue weighted by Crippen LogP contribution is 2.20. The SMILES string of the molecule is CC(C)c1ccc(C(C)NC(=O)c2nnc(Cl)s2)cc1. The molecule has 20 heavy (non-hydrogen) atoms. The normalized spacial score (nSPS) is 12.4. The summed E-state index contributed by atoms with van der Waals surface area (Å²) in [5, 5.41) is 10.5. The van der Waals surface area contributed by atoms with E-state index in [9.17, 15) is 4.79 Å². The van der Waals surface area contributed by atoms with Crippen molar-refractivity contribution in [3.8, 4) is 0 Å². The molecule has 0 saturated heterocycles. The summed E-state index contributed by atoms with van der Waals surface area (Å²) in [5.41, 5.74) is 2.33. The number of amides is 1. The zero-order valence-corrected chi connectivity index (χ0v) is 13.1. The van der Waals surface area contributed by atoms with Crippen molar-refractivity contribution in [1.82, 2.24) is 15.5 Å². The van der Waals surface area contributed by atoms with E-state index in [1.54, 1.807) is 0 Å². The molecule has 1 N–H and O–H groups in total. The fourth-order valence-electron chi connectivity index (χ4n) is 1.81. The summed E-state index contributed by atoms with van der Waals surface area (Å²) in [4.78, 5) is 12.0. The van der Waals surface area contributed by atoms with Gasteiger partial charge in [0.15, 0.2) is 0 Å². The van der Waals surface area contributed by atoms with E-state index in [0.29, 0.717) is 5.92 Å². The average molecular weight is 310 g/mol. The predicted octanol–water partition coefficient (Wildman–Crippen LogP) is 3.81. The number of halogens is 1. The standard InChI is InChI=1S/C14H16ClN3OS/c1-8(2)10-4-6-11(7-5-10)9(3)16-12(19)13-17-18-14(15)20-13/h4-9H,1-3H3,(H,16,19). The molecule has 4 nitrogen and oxygen atoms in total. The Bertz CT molecular complexity index is 595. The number of hydrogen-bond acceptors (Lipinski definition) is 4. The number of aromatic nitrogens is 2. The highest BCUT2D eigenvalue weighted by atomic mass is 35.5. The lowest BCUT2D eigenvalue weighted by Gasteiger charge is -2.14. The zero-order chi connectivity index (χ0) is 14.7. The van der Waals surface area contributed by atoms with E-state index in [0.717, 1.165) is 16.9 Å². The van der Waals surface area contributed by atoms with Crippen LogP contribution in [-0.2, 0) is 0 Å². The van der Waals surface area contributed by atoms with Crippen LogP contribution in [0.3, 0.4) is 0 Å². The van der Waals surface area contributed by atoms with Crippen LogP contribution in [0, 0.1) is 0 Å². The van der Waals surface area contributed by atoms with Crippen LogP contribution in [-0.4, -0.2) is 16.1 Å². The zero-order valence-electron chi connectivity index (χ0n) is 11.6. The fraction of sp³-hybridized carbons (Fsp3) is 0.357. The molecule has 106 valence electrons. The molecule has 0 aliphatic rings. The number of nitrogens with one attached hydrogen (secondary N) is 1. The Labute approximate surface area is 127 Å². The minimum absolute atomic E-state index is 0.0913. The number of carbonyl (C=O) groups is 1. The van der Waals surface area contributed by atoms with Gasteiger partial charge in [-0.25, -0.2) is 0 Å².